The molecule has 1 aromatic heterocycles. The summed E-state index contributed by atoms with van der Waals surface area (Å²) in [4.78, 5) is 20.2. The number of rotatable bonds is 4. The third-order valence-electron chi connectivity index (χ3n) is 2.82. The number of carbonyl (C=O) groups is 1. The van der Waals surface area contributed by atoms with Crippen molar-refractivity contribution in [3.63, 3.8) is 0 Å². The van der Waals surface area contributed by atoms with E-state index in [0.29, 0.717) is 28.8 Å². The first kappa shape index (κ1) is 14.5. The van der Waals surface area contributed by atoms with E-state index in [1.807, 2.05) is 37.3 Å². The molecule has 0 radical (unpaired) electrons. The van der Waals surface area contributed by atoms with E-state index in [0.717, 1.165) is 5.56 Å². The van der Waals surface area contributed by atoms with Crippen LogP contribution in [0.4, 0.5) is 0 Å². The van der Waals surface area contributed by atoms with Crippen LogP contribution < -0.4 is 0 Å². The van der Waals surface area contributed by atoms with Crippen molar-refractivity contribution in [2.75, 3.05) is 6.61 Å². The van der Waals surface area contributed by atoms with Crippen molar-refractivity contribution >= 4 is 17.6 Å². The number of ether oxygens (including phenoxy) is 1. The predicted molar refractivity (Wildman–Crippen MR) is 77.6 cm³/mol. The van der Waals surface area contributed by atoms with Crippen molar-refractivity contribution in [2.45, 2.75) is 20.3 Å². The van der Waals surface area contributed by atoms with E-state index < -0.39 is 0 Å². The molecule has 0 unspecified atom stereocenters. The van der Waals surface area contributed by atoms with Crippen molar-refractivity contribution in [1.82, 2.24) is 9.97 Å². The van der Waals surface area contributed by atoms with E-state index in [4.69, 9.17) is 16.3 Å². The molecule has 104 valence electrons. The van der Waals surface area contributed by atoms with Gasteiger partial charge in [-0.15, -0.1) is 0 Å². The first-order valence-electron chi connectivity index (χ1n) is 6.36. The fourth-order valence-corrected chi connectivity index (χ4v) is 2.12. The van der Waals surface area contributed by atoms with Crippen molar-refractivity contribution in [2.24, 2.45) is 0 Å². The second-order valence-corrected chi connectivity index (χ2v) is 4.61. The van der Waals surface area contributed by atoms with Crippen molar-refractivity contribution in [1.29, 1.82) is 0 Å². The first-order chi connectivity index (χ1) is 9.61. The van der Waals surface area contributed by atoms with Gasteiger partial charge < -0.3 is 4.74 Å². The number of hydrogen-bond donors (Lipinski definition) is 0. The van der Waals surface area contributed by atoms with Gasteiger partial charge in [-0.2, -0.15) is 0 Å². The Hall–Kier alpha value is -1.94. The molecule has 0 aliphatic heterocycles. The van der Waals surface area contributed by atoms with Gasteiger partial charge in [0.1, 0.15) is 5.15 Å². The van der Waals surface area contributed by atoms with E-state index in [9.17, 15) is 4.79 Å². The molecule has 2 aromatic rings. The van der Waals surface area contributed by atoms with Gasteiger partial charge >= 0.3 is 5.97 Å². The molecule has 1 heterocycles. The maximum absolute atomic E-state index is 11.5. The van der Waals surface area contributed by atoms with Crippen LogP contribution in [-0.2, 0) is 16.0 Å². The number of carbonyl (C=O) groups excluding carboxylic acids is 1. The van der Waals surface area contributed by atoms with E-state index in [-0.39, 0.29) is 12.4 Å². The summed E-state index contributed by atoms with van der Waals surface area (Å²) in [6, 6.07) is 9.57. The Morgan fingerprint density at radius 3 is 2.55 bits per heavy atom. The maximum atomic E-state index is 11.5. The maximum Gasteiger partial charge on any atom is 0.310 e. The standard InChI is InChI=1S/C15H15ClN2O2/c1-3-20-13(19)9-12-10(2)17-15(18-14(12)16)11-7-5-4-6-8-11/h4-8H,3,9H2,1-2H3. The third kappa shape index (κ3) is 3.33. The lowest BCUT2D eigenvalue weighted by Gasteiger charge is -2.09. The number of aryl methyl sites for hydroxylation is 1. The van der Waals surface area contributed by atoms with Gasteiger partial charge in [0.15, 0.2) is 5.82 Å². The van der Waals surface area contributed by atoms with Gasteiger partial charge in [-0.05, 0) is 13.8 Å². The molecule has 0 spiro atoms. The van der Waals surface area contributed by atoms with E-state index in [1.165, 1.54) is 0 Å². The Morgan fingerprint density at radius 1 is 1.25 bits per heavy atom. The van der Waals surface area contributed by atoms with E-state index in [2.05, 4.69) is 9.97 Å². The molecule has 4 nitrogen and oxygen atoms in total. The minimum Gasteiger partial charge on any atom is -0.466 e. The van der Waals surface area contributed by atoms with Crippen LogP contribution in [0.1, 0.15) is 18.2 Å². The lowest BCUT2D eigenvalue weighted by atomic mass is 10.1. The van der Waals surface area contributed by atoms with E-state index >= 15 is 0 Å². The van der Waals surface area contributed by atoms with Crippen LogP contribution in [0.3, 0.4) is 0 Å². The average molecular weight is 291 g/mol. The van der Waals surface area contributed by atoms with Gasteiger partial charge in [0.2, 0.25) is 0 Å². The monoisotopic (exact) mass is 290 g/mol. The molecule has 0 aliphatic rings. The Morgan fingerprint density at radius 2 is 1.95 bits per heavy atom. The highest BCUT2D eigenvalue weighted by molar-refractivity contribution is 6.30. The summed E-state index contributed by atoms with van der Waals surface area (Å²) >= 11 is 6.17. The van der Waals surface area contributed by atoms with Crippen LogP contribution in [0.2, 0.25) is 5.15 Å². The lowest BCUT2D eigenvalue weighted by Crippen LogP contribution is -2.11. The zero-order valence-corrected chi connectivity index (χ0v) is 12.1. The van der Waals surface area contributed by atoms with Crippen molar-refractivity contribution in [3.05, 3.63) is 46.7 Å². The van der Waals surface area contributed by atoms with Gasteiger partial charge in [0, 0.05) is 16.8 Å². The molecule has 0 aliphatic carbocycles. The van der Waals surface area contributed by atoms with Crippen molar-refractivity contribution < 1.29 is 9.53 Å². The quantitative estimate of drug-likeness (QED) is 0.641. The predicted octanol–water partition coefficient (Wildman–Crippen LogP) is 3.21. The number of esters is 1. The Labute approximate surface area is 122 Å². The Kier molecular flexibility index (Phi) is 4.69. The molecule has 0 amide bonds. The highest BCUT2D eigenvalue weighted by Crippen LogP contribution is 2.22. The largest absolute Gasteiger partial charge is 0.466 e. The normalized spacial score (nSPS) is 10.3. The van der Waals surface area contributed by atoms with Crippen LogP contribution in [0.15, 0.2) is 30.3 Å². The fourth-order valence-electron chi connectivity index (χ4n) is 1.83. The molecule has 0 saturated carbocycles. The van der Waals surface area contributed by atoms with Gasteiger partial charge in [-0.1, -0.05) is 41.9 Å². The Balaban J connectivity index is 2.32. The summed E-state index contributed by atoms with van der Waals surface area (Å²) in [6.07, 6.45) is 0.0908. The number of halogens is 1. The second-order valence-electron chi connectivity index (χ2n) is 4.25. The van der Waals surface area contributed by atoms with Crippen LogP contribution >= 0.6 is 11.6 Å². The number of benzene rings is 1. The molecule has 0 N–H and O–H groups in total. The number of hydrogen-bond acceptors (Lipinski definition) is 4. The molecule has 0 atom stereocenters. The SMILES string of the molecule is CCOC(=O)Cc1c(C)nc(-c2ccccc2)nc1Cl. The smallest absolute Gasteiger partial charge is 0.310 e. The summed E-state index contributed by atoms with van der Waals surface area (Å²) in [5.41, 5.74) is 2.20. The summed E-state index contributed by atoms with van der Waals surface area (Å²) in [5.74, 6) is 0.231. The van der Waals surface area contributed by atoms with Crippen LogP contribution in [0.25, 0.3) is 11.4 Å². The number of nitrogens with zero attached hydrogens (tertiary/aromatic N) is 2. The zero-order chi connectivity index (χ0) is 14.5. The molecule has 0 bridgehead atoms. The summed E-state index contributed by atoms with van der Waals surface area (Å²) < 4.78 is 4.92. The Bertz CT molecular complexity index is 592. The lowest BCUT2D eigenvalue weighted by molar-refractivity contribution is -0.142. The van der Waals surface area contributed by atoms with Crippen LogP contribution in [0, 0.1) is 6.92 Å². The molecule has 0 saturated heterocycles. The second kappa shape index (κ2) is 6.48. The minimum atomic E-state index is -0.325. The number of aromatic nitrogens is 2. The molecule has 2 rings (SSSR count). The van der Waals surface area contributed by atoms with Gasteiger partial charge in [0.25, 0.3) is 0 Å². The molecular formula is C15H15ClN2O2. The first-order valence-corrected chi connectivity index (χ1v) is 6.73. The van der Waals surface area contributed by atoms with Gasteiger partial charge in [0.05, 0.1) is 13.0 Å². The van der Waals surface area contributed by atoms with Crippen molar-refractivity contribution in [3.8, 4) is 11.4 Å². The highest BCUT2D eigenvalue weighted by atomic mass is 35.5. The van der Waals surface area contributed by atoms with Gasteiger partial charge in [-0.25, -0.2) is 9.97 Å². The van der Waals surface area contributed by atoms with Crippen LogP contribution in [0.5, 0.6) is 0 Å². The third-order valence-corrected chi connectivity index (χ3v) is 3.13. The van der Waals surface area contributed by atoms with Gasteiger partial charge in [-0.3, -0.25) is 4.79 Å². The summed E-state index contributed by atoms with van der Waals surface area (Å²) in [5, 5.41) is 0.296. The highest BCUT2D eigenvalue weighted by Gasteiger charge is 2.15. The summed E-state index contributed by atoms with van der Waals surface area (Å²) in [6.45, 7) is 3.92. The average Bonchev–Trinajstić information content (AvgIpc) is 2.44. The minimum absolute atomic E-state index is 0.0908. The molecule has 0 fully saturated rings. The van der Waals surface area contributed by atoms with Crippen LogP contribution in [-0.4, -0.2) is 22.5 Å². The molecular weight excluding hydrogens is 276 g/mol. The zero-order valence-electron chi connectivity index (χ0n) is 11.4. The summed E-state index contributed by atoms with van der Waals surface area (Å²) in [7, 11) is 0. The van der Waals surface area contributed by atoms with E-state index in [1.54, 1.807) is 6.92 Å². The molecule has 20 heavy (non-hydrogen) atoms. The fraction of sp³-hybridized carbons (Fsp3) is 0.267. The molecule has 5 heteroatoms. The topological polar surface area (TPSA) is 52.1 Å². The molecule has 1 aromatic carbocycles.